The topological polar surface area (TPSA) is 62.6 Å². The number of nitrogens with zero attached hydrogens (tertiary/aromatic N) is 1. The summed E-state index contributed by atoms with van der Waals surface area (Å²) in [6.07, 6.45) is 2.23. The molecule has 1 N–H and O–H groups in total. The Morgan fingerprint density at radius 3 is 2.60 bits per heavy atom. The number of nitrogens with one attached hydrogen (secondary N) is 1. The molecule has 110 valence electrons. The fraction of sp³-hybridized carbons (Fsp3) is 0.600. The van der Waals surface area contributed by atoms with Crippen molar-refractivity contribution in [2.24, 2.45) is 5.92 Å². The summed E-state index contributed by atoms with van der Waals surface area (Å²) in [7, 11) is 0. The van der Waals surface area contributed by atoms with E-state index in [0.29, 0.717) is 6.42 Å². The zero-order valence-electron chi connectivity index (χ0n) is 12.4. The SMILES string of the molecule is CC1NC(=O)C(C(C)C)N(C(C)Cc2ccco2)C1=O. The van der Waals surface area contributed by atoms with Gasteiger partial charge < -0.3 is 14.6 Å². The minimum absolute atomic E-state index is 0.0256. The molecule has 5 nitrogen and oxygen atoms in total. The molecule has 1 aromatic rings. The van der Waals surface area contributed by atoms with Crippen molar-refractivity contribution in [3.8, 4) is 0 Å². The molecule has 1 fully saturated rings. The van der Waals surface area contributed by atoms with E-state index < -0.39 is 12.1 Å². The molecule has 1 saturated heterocycles. The summed E-state index contributed by atoms with van der Waals surface area (Å²) in [6.45, 7) is 7.60. The molecule has 1 aliphatic rings. The molecule has 2 rings (SSSR count). The van der Waals surface area contributed by atoms with Crippen molar-refractivity contribution in [3.63, 3.8) is 0 Å². The van der Waals surface area contributed by atoms with E-state index in [9.17, 15) is 9.59 Å². The number of hydrogen-bond donors (Lipinski definition) is 1. The molecule has 20 heavy (non-hydrogen) atoms. The number of piperazine rings is 1. The van der Waals surface area contributed by atoms with Crippen LogP contribution in [-0.4, -0.2) is 34.8 Å². The Bertz CT molecular complexity index is 481. The zero-order valence-corrected chi connectivity index (χ0v) is 12.4. The van der Waals surface area contributed by atoms with Gasteiger partial charge in [0.2, 0.25) is 11.8 Å². The molecule has 3 unspecified atom stereocenters. The zero-order chi connectivity index (χ0) is 14.9. The van der Waals surface area contributed by atoms with Gasteiger partial charge in [-0.3, -0.25) is 9.59 Å². The van der Waals surface area contributed by atoms with E-state index in [4.69, 9.17) is 4.42 Å². The first kappa shape index (κ1) is 14.6. The van der Waals surface area contributed by atoms with Gasteiger partial charge in [0.05, 0.1) is 6.26 Å². The molecule has 0 radical (unpaired) electrons. The second-order valence-corrected chi connectivity index (χ2v) is 5.80. The van der Waals surface area contributed by atoms with E-state index >= 15 is 0 Å². The Kier molecular flexibility index (Phi) is 4.16. The van der Waals surface area contributed by atoms with Crippen LogP contribution in [0.4, 0.5) is 0 Å². The Hall–Kier alpha value is -1.78. The van der Waals surface area contributed by atoms with Gasteiger partial charge in [-0.15, -0.1) is 0 Å². The Balaban J connectivity index is 2.23. The van der Waals surface area contributed by atoms with Gasteiger partial charge >= 0.3 is 0 Å². The van der Waals surface area contributed by atoms with Crippen LogP contribution < -0.4 is 5.32 Å². The predicted molar refractivity (Wildman–Crippen MR) is 75.0 cm³/mol. The normalized spacial score (nSPS) is 24.9. The number of carbonyl (C=O) groups excluding carboxylic acids is 2. The first-order valence-electron chi connectivity index (χ1n) is 7.06. The van der Waals surface area contributed by atoms with E-state index in [0.717, 1.165) is 5.76 Å². The van der Waals surface area contributed by atoms with Crippen LogP contribution in [0.5, 0.6) is 0 Å². The van der Waals surface area contributed by atoms with Crippen molar-refractivity contribution in [3.05, 3.63) is 24.2 Å². The summed E-state index contributed by atoms with van der Waals surface area (Å²) in [4.78, 5) is 26.3. The molecule has 1 aliphatic heterocycles. The van der Waals surface area contributed by atoms with Gasteiger partial charge in [-0.25, -0.2) is 0 Å². The van der Waals surface area contributed by atoms with Gasteiger partial charge in [-0.1, -0.05) is 13.8 Å². The summed E-state index contributed by atoms with van der Waals surface area (Å²) >= 11 is 0. The maximum Gasteiger partial charge on any atom is 0.245 e. The summed E-state index contributed by atoms with van der Waals surface area (Å²) in [5.74, 6) is 0.803. The Labute approximate surface area is 119 Å². The second-order valence-electron chi connectivity index (χ2n) is 5.80. The fourth-order valence-electron chi connectivity index (χ4n) is 2.78. The Morgan fingerprint density at radius 1 is 1.35 bits per heavy atom. The average Bonchev–Trinajstić information content (AvgIpc) is 2.85. The molecule has 2 amide bonds. The lowest BCUT2D eigenvalue weighted by Crippen LogP contribution is -2.66. The van der Waals surface area contributed by atoms with Crippen LogP contribution in [0.1, 0.15) is 33.5 Å². The Morgan fingerprint density at radius 2 is 2.05 bits per heavy atom. The highest BCUT2D eigenvalue weighted by molar-refractivity contribution is 5.97. The second kappa shape index (κ2) is 5.69. The molecule has 3 atom stereocenters. The van der Waals surface area contributed by atoms with Crippen molar-refractivity contribution in [2.45, 2.75) is 52.2 Å². The third-order valence-corrected chi connectivity index (χ3v) is 3.74. The van der Waals surface area contributed by atoms with E-state index in [1.54, 1.807) is 18.1 Å². The molecule has 0 saturated carbocycles. The maximum atomic E-state index is 12.4. The van der Waals surface area contributed by atoms with Crippen LogP contribution in [-0.2, 0) is 16.0 Å². The van der Waals surface area contributed by atoms with Crippen molar-refractivity contribution < 1.29 is 14.0 Å². The van der Waals surface area contributed by atoms with E-state index in [1.807, 2.05) is 32.9 Å². The molecule has 1 aromatic heterocycles. The molecule has 0 spiro atoms. The van der Waals surface area contributed by atoms with Gasteiger partial charge in [0, 0.05) is 12.5 Å². The summed E-state index contributed by atoms with van der Waals surface area (Å²) in [6, 6.07) is 2.77. The van der Waals surface area contributed by atoms with Gasteiger partial charge in [-0.05, 0) is 31.9 Å². The highest BCUT2D eigenvalue weighted by atomic mass is 16.3. The average molecular weight is 278 g/mol. The summed E-state index contributed by atoms with van der Waals surface area (Å²) < 4.78 is 5.34. The van der Waals surface area contributed by atoms with Crippen LogP contribution in [0, 0.1) is 5.92 Å². The van der Waals surface area contributed by atoms with Crippen LogP contribution in [0.3, 0.4) is 0 Å². The molecule has 0 aromatic carbocycles. The number of carbonyl (C=O) groups is 2. The van der Waals surface area contributed by atoms with Crippen molar-refractivity contribution in [1.29, 1.82) is 0 Å². The smallest absolute Gasteiger partial charge is 0.245 e. The monoisotopic (exact) mass is 278 g/mol. The predicted octanol–water partition coefficient (Wildman–Crippen LogP) is 1.58. The van der Waals surface area contributed by atoms with Crippen LogP contribution in [0.15, 0.2) is 22.8 Å². The van der Waals surface area contributed by atoms with E-state index in [2.05, 4.69) is 5.32 Å². The lowest BCUT2D eigenvalue weighted by molar-refractivity contribution is -0.153. The number of amides is 2. The molecule has 2 heterocycles. The lowest BCUT2D eigenvalue weighted by atomic mass is 9.94. The minimum Gasteiger partial charge on any atom is -0.469 e. The third-order valence-electron chi connectivity index (χ3n) is 3.74. The van der Waals surface area contributed by atoms with E-state index in [1.165, 1.54) is 0 Å². The molecule has 0 aliphatic carbocycles. The maximum absolute atomic E-state index is 12.4. The lowest BCUT2D eigenvalue weighted by Gasteiger charge is -2.43. The molecular weight excluding hydrogens is 256 g/mol. The highest BCUT2D eigenvalue weighted by Gasteiger charge is 2.42. The molecular formula is C15H22N2O3. The standard InChI is InChI=1S/C15H22N2O3/c1-9(2)13-14(18)16-11(4)15(19)17(13)10(3)8-12-6-5-7-20-12/h5-7,9-11,13H,8H2,1-4H3,(H,16,18). The molecule has 0 bridgehead atoms. The minimum atomic E-state index is -0.462. The largest absolute Gasteiger partial charge is 0.469 e. The van der Waals surface area contributed by atoms with Crippen LogP contribution in [0.25, 0.3) is 0 Å². The number of rotatable bonds is 4. The third kappa shape index (κ3) is 2.71. The number of furan rings is 1. The summed E-state index contributed by atoms with van der Waals surface area (Å²) in [5, 5.41) is 2.75. The van der Waals surface area contributed by atoms with Gasteiger partial charge in [0.1, 0.15) is 17.8 Å². The first-order chi connectivity index (χ1) is 9.41. The first-order valence-corrected chi connectivity index (χ1v) is 7.06. The van der Waals surface area contributed by atoms with Crippen molar-refractivity contribution >= 4 is 11.8 Å². The molecule has 5 heteroatoms. The quantitative estimate of drug-likeness (QED) is 0.909. The van der Waals surface area contributed by atoms with Gasteiger partial charge in [0.15, 0.2) is 0 Å². The van der Waals surface area contributed by atoms with Crippen LogP contribution >= 0.6 is 0 Å². The van der Waals surface area contributed by atoms with Gasteiger partial charge in [0.25, 0.3) is 0 Å². The van der Waals surface area contributed by atoms with Crippen LogP contribution in [0.2, 0.25) is 0 Å². The fourth-order valence-corrected chi connectivity index (χ4v) is 2.78. The van der Waals surface area contributed by atoms with E-state index in [-0.39, 0.29) is 23.8 Å². The van der Waals surface area contributed by atoms with Gasteiger partial charge in [-0.2, -0.15) is 0 Å². The summed E-state index contributed by atoms with van der Waals surface area (Å²) in [5.41, 5.74) is 0. The number of hydrogen-bond acceptors (Lipinski definition) is 3. The van der Waals surface area contributed by atoms with Crippen molar-refractivity contribution in [2.75, 3.05) is 0 Å². The highest BCUT2D eigenvalue weighted by Crippen LogP contribution is 2.22. The van der Waals surface area contributed by atoms with Crippen molar-refractivity contribution in [1.82, 2.24) is 10.2 Å².